The van der Waals surface area contributed by atoms with E-state index in [2.05, 4.69) is 5.92 Å². The molecule has 1 aromatic rings. The van der Waals surface area contributed by atoms with Gasteiger partial charge in [0.2, 0.25) is 0 Å². The van der Waals surface area contributed by atoms with Crippen LogP contribution in [-0.2, 0) is 0 Å². The van der Waals surface area contributed by atoms with E-state index in [1.165, 1.54) is 0 Å². The van der Waals surface area contributed by atoms with Gasteiger partial charge in [-0.05, 0) is 26.3 Å². The van der Waals surface area contributed by atoms with E-state index in [4.69, 9.17) is 18.0 Å². The van der Waals surface area contributed by atoms with Crippen molar-refractivity contribution in [2.75, 3.05) is 13.1 Å². The molecule has 1 aromatic heterocycles. The van der Waals surface area contributed by atoms with Gasteiger partial charge in [-0.15, -0.1) is 6.42 Å². The minimum absolute atomic E-state index is 0.0598. The van der Waals surface area contributed by atoms with Gasteiger partial charge in [-0.2, -0.15) is 0 Å². The number of amides is 1. The van der Waals surface area contributed by atoms with Crippen LogP contribution in [0.25, 0.3) is 0 Å². The predicted octanol–water partition coefficient (Wildman–Crippen LogP) is 3.21. The molecule has 0 unspecified atom stereocenters. The van der Waals surface area contributed by atoms with Crippen LogP contribution in [0.4, 0.5) is 0 Å². The van der Waals surface area contributed by atoms with E-state index in [0.717, 1.165) is 6.42 Å². The molecule has 1 amide bonds. The minimum Gasteiger partial charge on any atom is -0.339 e. The van der Waals surface area contributed by atoms with E-state index in [1.807, 2.05) is 25.3 Å². The maximum absolute atomic E-state index is 12.4. The summed E-state index contributed by atoms with van der Waals surface area (Å²) in [5.74, 6) is 2.46. The summed E-state index contributed by atoms with van der Waals surface area (Å²) in [6.07, 6.45) is 7.96. The first-order valence-electron chi connectivity index (χ1n) is 6.11. The molecule has 0 fully saturated rings. The highest BCUT2D eigenvalue weighted by atomic mass is 35.5. The van der Waals surface area contributed by atoms with Gasteiger partial charge in [0.25, 0.3) is 5.91 Å². The maximum atomic E-state index is 12.4. The molecule has 18 heavy (non-hydrogen) atoms. The zero-order valence-corrected chi connectivity index (χ0v) is 11.9. The summed E-state index contributed by atoms with van der Waals surface area (Å²) >= 11 is 5.98. The molecule has 0 atom stereocenters. The van der Waals surface area contributed by atoms with Crippen LogP contribution < -0.4 is 0 Å². The lowest BCUT2D eigenvalue weighted by Gasteiger charge is -2.21. The van der Waals surface area contributed by atoms with Crippen LogP contribution in [-0.4, -0.2) is 28.5 Å². The molecule has 0 spiro atoms. The van der Waals surface area contributed by atoms with Crippen LogP contribution in [0, 0.1) is 12.3 Å². The zero-order valence-electron chi connectivity index (χ0n) is 11.1. The first kappa shape index (κ1) is 14.7. The third-order valence-corrected chi connectivity index (χ3v) is 2.86. The Morgan fingerprint density at radius 3 is 2.78 bits per heavy atom. The van der Waals surface area contributed by atoms with Gasteiger partial charge in [0.1, 0.15) is 5.69 Å². The van der Waals surface area contributed by atoms with Crippen molar-refractivity contribution in [3.63, 3.8) is 0 Å². The summed E-state index contributed by atoms with van der Waals surface area (Å²) in [7, 11) is 0. The summed E-state index contributed by atoms with van der Waals surface area (Å²) in [5.41, 5.74) is 0.596. The van der Waals surface area contributed by atoms with Gasteiger partial charge >= 0.3 is 0 Å². The van der Waals surface area contributed by atoms with Crippen molar-refractivity contribution in [3.8, 4) is 12.3 Å². The van der Waals surface area contributed by atoms with Crippen molar-refractivity contribution in [2.45, 2.75) is 33.2 Å². The summed E-state index contributed by atoms with van der Waals surface area (Å²) in [4.78, 5) is 14.1. The number of carbonyl (C=O) groups is 1. The van der Waals surface area contributed by atoms with Crippen LogP contribution in [0.5, 0.6) is 0 Å². The van der Waals surface area contributed by atoms with Gasteiger partial charge in [0.05, 0.1) is 11.6 Å². The predicted molar refractivity (Wildman–Crippen MR) is 74.9 cm³/mol. The molecule has 1 heterocycles. The Morgan fingerprint density at radius 1 is 1.61 bits per heavy atom. The Balaban J connectivity index is 3.04. The number of halogens is 1. The highest BCUT2D eigenvalue weighted by Crippen LogP contribution is 2.20. The molecule has 0 aliphatic carbocycles. The minimum atomic E-state index is -0.0598. The van der Waals surface area contributed by atoms with Crippen LogP contribution in [0.1, 0.15) is 43.7 Å². The molecule has 1 rings (SSSR count). The van der Waals surface area contributed by atoms with E-state index in [1.54, 1.807) is 17.2 Å². The lowest BCUT2D eigenvalue weighted by Crippen LogP contribution is -2.33. The Kier molecular flexibility index (Phi) is 5.30. The molecule has 0 saturated carbocycles. The molecular formula is C14H19ClN2O. The van der Waals surface area contributed by atoms with Crippen molar-refractivity contribution < 1.29 is 4.79 Å². The largest absolute Gasteiger partial charge is 0.339 e. The zero-order chi connectivity index (χ0) is 13.7. The monoisotopic (exact) mass is 266 g/mol. The fourth-order valence-electron chi connectivity index (χ4n) is 1.84. The van der Waals surface area contributed by atoms with E-state index in [0.29, 0.717) is 23.8 Å². The highest BCUT2D eigenvalue weighted by Gasteiger charge is 2.20. The number of aromatic nitrogens is 1. The number of terminal acetylenes is 1. The second-order valence-electron chi connectivity index (χ2n) is 4.48. The van der Waals surface area contributed by atoms with Crippen LogP contribution in [0.3, 0.4) is 0 Å². The average Bonchev–Trinajstić information content (AvgIpc) is 2.70. The van der Waals surface area contributed by atoms with Crippen molar-refractivity contribution in [3.05, 3.63) is 23.0 Å². The lowest BCUT2D eigenvalue weighted by atomic mass is 10.3. The SMILES string of the molecule is C#CCN(CCC)C(=O)c1cc(Cl)cn1C(C)C. The molecule has 4 heteroatoms. The third-order valence-electron chi connectivity index (χ3n) is 2.65. The van der Waals surface area contributed by atoms with E-state index < -0.39 is 0 Å². The van der Waals surface area contributed by atoms with Crippen LogP contribution in [0.2, 0.25) is 5.02 Å². The Labute approximate surface area is 114 Å². The second-order valence-corrected chi connectivity index (χ2v) is 4.91. The summed E-state index contributed by atoms with van der Waals surface area (Å²) in [5, 5.41) is 0.573. The van der Waals surface area contributed by atoms with Crippen LogP contribution >= 0.6 is 11.6 Å². The van der Waals surface area contributed by atoms with E-state index >= 15 is 0 Å². The summed E-state index contributed by atoms with van der Waals surface area (Å²) in [6.45, 7) is 7.03. The van der Waals surface area contributed by atoms with Gasteiger partial charge in [-0.25, -0.2) is 0 Å². The fourth-order valence-corrected chi connectivity index (χ4v) is 2.05. The molecule has 0 aromatic carbocycles. The van der Waals surface area contributed by atoms with Gasteiger partial charge in [-0.3, -0.25) is 4.79 Å². The van der Waals surface area contributed by atoms with Crippen molar-refractivity contribution >= 4 is 17.5 Å². The number of carbonyl (C=O) groups excluding carboxylic acids is 1. The normalized spacial score (nSPS) is 10.4. The van der Waals surface area contributed by atoms with Crippen molar-refractivity contribution in [1.82, 2.24) is 9.47 Å². The van der Waals surface area contributed by atoms with Crippen molar-refractivity contribution in [1.29, 1.82) is 0 Å². The molecule has 0 saturated heterocycles. The number of rotatable bonds is 5. The third kappa shape index (κ3) is 3.30. The Hall–Kier alpha value is -1.40. The molecule has 0 N–H and O–H groups in total. The number of hydrogen-bond acceptors (Lipinski definition) is 1. The second kappa shape index (κ2) is 6.51. The molecular weight excluding hydrogens is 248 g/mol. The van der Waals surface area contributed by atoms with E-state index in [-0.39, 0.29) is 11.9 Å². The molecule has 98 valence electrons. The standard InChI is InChI=1S/C14H19ClN2O/c1-5-7-16(8-6-2)14(18)13-9-12(15)10-17(13)11(3)4/h1,9-11H,6-8H2,2-4H3. The van der Waals surface area contributed by atoms with Crippen molar-refractivity contribution in [2.24, 2.45) is 0 Å². The Morgan fingerprint density at radius 2 is 2.28 bits per heavy atom. The molecule has 0 radical (unpaired) electrons. The van der Waals surface area contributed by atoms with Gasteiger partial charge in [0, 0.05) is 18.8 Å². The average molecular weight is 267 g/mol. The first-order chi connectivity index (χ1) is 8.51. The van der Waals surface area contributed by atoms with Crippen LogP contribution in [0.15, 0.2) is 12.3 Å². The van der Waals surface area contributed by atoms with Gasteiger partial charge in [-0.1, -0.05) is 24.4 Å². The lowest BCUT2D eigenvalue weighted by molar-refractivity contribution is 0.0764. The number of nitrogens with zero attached hydrogens (tertiary/aromatic N) is 2. The van der Waals surface area contributed by atoms with E-state index in [9.17, 15) is 4.79 Å². The maximum Gasteiger partial charge on any atom is 0.271 e. The molecule has 0 aliphatic rings. The topological polar surface area (TPSA) is 25.2 Å². The fraction of sp³-hybridized carbons (Fsp3) is 0.500. The first-order valence-corrected chi connectivity index (χ1v) is 6.49. The molecule has 0 bridgehead atoms. The van der Waals surface area contributed by atoms with Gasteiger partial charge in [0.15, 0.2) is 0 Å². The summed E-state index contributed by atoms with van der Waals surface area (Å²) < 4.78 is 1.88. The quantitative estimate of drug-likeness (QED) is 0.752. The molecule has 3 nitrogen and oxygen atoms in total. The Bertz CT molecular complexity index is 457. The summed E-state index contributed by atoms with van der Waals surface area (Å²) in [6, 6.07) is 1.88. The highest BCUT2D eigenvalue weighted by molar-refractivity contribution is 6.31. The molecule has 0 aliphatic heterocycles. The van der Waals surface area contributed by atoms with Gasteiger partial charge < -0.3 is 9.47 Å². The smallest absolute Gasteiger partial charge is 0.271 e. The number of hydrogen-bond donors (Lipinski definition) is 0.